The third-order valence-electron chi connectivity index (χ3n) is 2.06. The largest absolute Gasteiger partial charge is 0.486 e. The van der Waals surface area contributed by atoms with Crippen molar-refractivity contribution in [2.24, 2.45) is 10.9 Å². The second kappa shape index (κ2) is 5.02. The highest BCUT2D eigenvalue weighted by Crippen LogP contribution is 2.13. The third-order valence-corrected chi connectivity index (χ3v) is 2.06. The molecular weight excluding hydrogens is 222 g/mol. The Morgan fingerprint density at radius 2 is 2.41 bits per heavy atom. The molecule has 2 aromatic heterocycles. The molecule has 3 N–H and O–H groups in total. The number of furan rings is 1. The number of pyridine rings is 1. The van der Waals surface area contributed by atoms with Crippen LogP contribution in [0.1, 0.15) is 11.5 Å². The van der Waals surface area contributed by atoms with Gasteiger partial charge in [-0.25, -0.2) is 0 Å². The summed E-state index contributed by atoms with van der Waals surface area (Å²) in [6.45, 7) is 0.312. The van der Waals surface area contributed by atoms with Gasteiger partial charge in [0.25, 0.3) is 0 Å². The molecule has 0 saturated carbocycles. The first kappa shape index (κ1) is 11.0. The average molecular weight is 233 g/mol. The molecule has 0 saturated heterocycles. The minimum atomic E-state index is -0.0616. The van der Waals surface area contributed by atoms with Crippen molar-refractivity contribution in [3.8, 4) is 5.75 Å². The molecule has 0 amide bonds. The van der Waals surface area contributed by atoms with Gasteiger partial charge in [0.05, 0.1) is 6.26 Å². The fraction of sp³-hybridized carbons (Fsp3) is 0.0909. The molecule has 0 spiro atoms. The van der Waals surface area contributed by atoms with E-state index in [1.54, 1.807) is 24.5 Å². The SMILES string of the molecule is NC(=NO)c1cc(OCc2ccco2)ccn1. The van der Waals surface area contributed by atoms with Crippen LogP contribution in [0.25, 0.3) is 0 Å². The van der Waals surface area contributed by atoms with E-state index >= 15 is 0 Å². The molecule has 6 nitrogen and oxygen atoms in total. The van der Waals surface area contributed by atoms with Crippen molar-refractivity contribution in [3.63, 3.8) is 0 Å². The first-order valence-corrected chi connectivity index (χ1v) is 4.88. The number of aromatic nitrogens is 1. The first-order valence-electron chi connectivity index (χ1n) is 4.88. The van der Waals surface area contributed by atoms with E-state index < -0.39 is 0 Å². The third kappa shape index (κ3) is 2.75. The van der Waals surface area contributed by atoms with Crippen molar-refractivity contribution >= 4 is 5.84 Å². The highest BCUT2D eigenvalue weighted by molar-refractivity contribution is 5.95. The Kier molecular flexibility index (Phi) is 3.25. The molecule has 0 aliphatic rings. The number of hydrogen-bond acceptors (Lipinski definition) is 5. The summed E-state index contributed by atoms with van der Waals surface area (Å²) in [5, 5.41) is 11.4. The number of amidine groups is 1. The van der Waals surface area contributed by atoms with E-state index in [-0.39, 0.29) is 5.84 Å². The van der Waals surface area contributed by atoms with Crippen LogP contribution < -0.4 is 10.5 Å². The van der Waals surface area contributed by atoms with Gasteiger partial charge in [0.15, 0.2) is 5.84 Å². The van der Waals surface area contributed by atoms with Crippen LogP contribution in [0.15, 0.2) is 46.3 Å². The van der Waals surface area contributed by atoms with Crippen LogP contribution in [0.3, 0.4) is 0 Å². The Hall–Kier alpha value is -2.50. The zero-order valence-corrected chi connectivity index (χ0v) is 8.91. The van der Waals surface area contributed by atoms with Crippen LogP contribution in [0, 0.1) is 0 Å². The molecule has 88 valence electrons. The minimum Gasteiger partial charge on any atom is -0.486 e. The van der Waals surface area contributed by atoms with Crippen LogP contribution in [0.2, 0.25) is 0 Å². The maximum Gasteiger partial charge on any atom is 0.188 e. The van der Waals surface area contributed by atoms with E-state index in [1.165, 1.54) is 6.20 Å². The van der Waals surface area contributed by atoms with Crippen LogP contribution >= 0.6 is 0 Å². The average Bonchev–Trinajstić information content (AvgIpc) is 2.89. The summed E-state index contributed by atoms with van der Waals surface area (Å²) in [7, 11) is 0. The highest BCUT2D eigenvalue weighted by Gasteiger charge is 2.03. The van der Waals surface area contributed by atoms with E-state index in [4.69, 9.17) is 20.1 Å². The molecule has 6 heteroatoms. The number of nitrogens with zero attached hydrogens (tertiary/aromatic N) is 2. The summed E-state index contributed by atoms with van der Waals surface area (Å²) < 4.78 is 10.6. The quantitative estimate of drug-likeness (QED) is 0.360. The Labute approximate surface area is 97.3 Å². The van der Waals surface area contributed by atoms with Crippen molar-refractivity contribution in [2.45, 2.75) is 6.61 Å². The summed E-state index contributed by atoms with van der Waals surface area (Å²) in [5.74, 6) is 1.22. The van der Waals surface area contributed by atoms with Gasteiger partial charge in [-0.15, -0.1) is 0 Å². The van der Waals surface area contributed by atoms with Crippen LogP contribution in [-0.4, -0.2) is 16.0 Å². The standard InChI is InChI=1S/C11H11N3O3/c12-11(14-15)10-6-8(3-4-13-10)17-7-9-2-1-5-16-9/h1-6,15H,7H2,(H2,12,14). The second-order valence-electron chi connectivity index (χ2n) is 3.23. The summed E-state index contributed by atoms with van der Waals surface area (Å²) in [6, 6.07) is 6.85. The van der Waals surface area contributed by atoms with Crippen LogP contribution in [-0.2, 0) is 6.61 Å². The molecule has 0 aromatic carbocycles. The number of ether oxygens (including phenoxy) is 1. The molecule has 0 atom stereocenters. The molecule has 0 bridgehead atoms. The topological polar surface area (TPSA) is 93.9 Å². The van der Waals surface area contributed by atoms with Crippen LogP contribution in [0.4, 0.5) is 0 Å². The molecular formula is C11H11N3O3. The molecule has 2 aromatic rings. The zero-order chi connectivity index (χ0) is 12.1. The highest BCUT2D eigenvalue weighted by atomic mass is 16.5. The maximum absolute atomic E-state index is 8.53. The second-order valence-corrected chi connectivity index (χ2v) is 3.23. The van der Waals surface area contributed by atoms with Gasteiger partial charge in [0.2, 0.25) is 0 Å². The van der Waals surface area contributed by atoms with E-state index in [9.17, 15) is 0 Å². The van der Waals surface area contributed by atoms with Crippen LogP contribution in [0.5, 0.6) is 5.75 Å². The predicted octanol–water partition coefficient (Wildman–Crippen LogP) is 1.35. The lowest BCUT2D eigenvalue weighted by Crippen LogP contribution is -2.14. The molecule has 0 aliphatic carbocycles. The monoisotopic (exact) mass is 233 g/mol. The Balaban J connectivity index is 2.06. The first-order chi connectivity index (χ1) is 8.29. The molecule has 2 rings (SSSR count). The normalized spacial score (nSPS) is 11.4. The molecule has 0 aliphatic heterocycles. The Morgan fingerprint density at radius 3 is 3.12 bits per heavy atom. The van der Waals surface area contributed by atoms with Gasteiger partial charge in [0, 0.05) is 12.3 Å². The molecule has 0 fully saturated rings. The van der Waals surface area contributed by atoms with Gasteiger partial charge in [-0.05, 0) is 18.2 Å². The number of nitrogens with two attached hydrogens (primary N) is 1. The van der Waals surface area contributed by atoms with E-state index in [1.807, 2.05) is 6.07 Å². The summed E-state index contributed by atoms with van der Waals surface area (Å²) in [4.78, 5) is 3.94. The van der Waals surface area contributed by atoms with Gasteiger partial charge >= 0.3 is 0 Å². The fourth-order valence-corrected chi connectivity index (χ4v) is 1.24. The minimum absolute atomic E-state index is 0.0616. The van der Waals surface area contributed by atoms with Crippen molar-refractivity contribution in [1.82, 2.24) is 4.98 Å². The molecule has 0 radical (unpaired) electrons. The van der Waals surface area contributed by atoms with E-state index in [0.717, 1.165) is 0 Å². The Morgan fingerprint density at radius 1 is 1.53 bits per heavy atom. The lowest BCUT2D eigenvalue weighted by Gasteiger charge is -2.05. The maximum atomic E-state index is 8.53. The number of oxime groups is 1. The summed E-state index contributed by atoms with van der Waals surface area (Å²) >= 11 is 0. The van der Waals surface area contributed by atoms with Crippen molar-refractivity contribution in [2.75, 3.05) is 0 Å². The van der Waals surface area contributed by atoms with Gasteiger partial charge < -0.3 is 20.1 Å². The summed E-state index contributed by atoms with van der Waals surface area (Å²) in [6.07, 6.45) is 3.10. The molecule has 2 heterocycles. The lowest BCUT2D eigenvalue weighted by atomic mass is 10.3. The smallest absolute Gasteiger partial charge is 0.188 e. The number of hydrogen-bond donors (Lipinski definition) is 2. The van der Waals surface area contributed by atoms with Gasteiger partial charge in [-0.2, -0.15) is 0 Å². The lowest BCUT2D eigenvalue weighted by molar-refractivity contribution is 0.270. The van der Waals surface area contributed by atoms with Gasteiger partial charge in [-0.1, -0.05) is 5.16 Å². The van der Waals surface area contributed by atoms with Crippen molar-refractivity contribution < 1.29 is 14.4 Å². The molecule has 17 heavy (non-hydrogen) atoms. The van der Waals surface area contributed by atoms with Crippen molar-refractivity contribution in [3.05, 3.63) is 48.2 Å². The fourth-order valence-electron chi connectivity index (χ4n) is 1.24. The van der Waals surface area contributed by atoms with E-state index in [2.05, 4.69) is 10.1 Å². The zero-order valence-electron chi connectivity index (χ0n) is 8.91. The Bertz CT molecular complexity index is 508. The van der Waals surface area contributed by atoms with Crippen molar-refractivity contribution in [1.29, 1.82) is 0 Å². The number of rotatable bonds is 4. The predicted molar refractivity (Wildman–Crippen MR) is 59.8 cm³/mol. The molecule has 0 unspecified atom stereocenters. The van der Waals surface area contributed by atoms with E-state index in [0.29, 0.717) is 23.8 Å². The summed E-state index contributed by atoms with van der Waals surface area (Å²) in [5.41, 5.74) is 5.77. The van der Waals surface area contributed by atoms with Gasteiger partial charge in [0.1, 0.15) is 23.8 Å². The van der Waals surface area contributed by atoms with Gasteiger partial charge in [-0.3, -0.25) is 4.98 Å².